The molecular formula is C19H21NS. The van der Waals surface area contributed by atoms with E-state index in [0.717, 1.165) is 6.42 Å². The standard InChI is InChI=1S/C19H21NS/c1-3-7-14-8-6-10-16(12-14)19(20-2)18-13-15-9-4-5-11-17(15)21-18/h4-6,8-13,19-20H,3,7H2,1-2H3. The Morgan fingerprint density at radius 1 is 1.05 bits per heavy atom. The average Bonchev–Trinajstić information content (AvgIpc) is 2.92. The van der Waals surface area contributed by atoms with Crippen LogP contribution in [0.5, 0.6) is 0 Å². The number of rotatable bonds is 5. The minimum Gasteiger partial charge on any atom is -0.309 e. The number of hydrogen-bond acceptors (Lipinski definition) is 2. The molecule has 21 heavy (non-hydrogen) atoms. The maximum absolute atomic E-state index is 3.48. The van der Waals surface area contributed by atoms with E-state index in [1.54, 1.807) is 0 Å². The first-order chi connectivity index (χ1) is 10.3. The third-order valence-corrected chi connectivity index (χ3v) is 5.02. The average molecular weight is 295 g/mol. The zero-order chi connectivity index (χ0) is 14.7. The van der Waals surface area contributed by atoms with Crippen molar-refractivity contribution in [2.45, 2.75) is 25.8 Å². The Morgan fingerprint density at radius 3 is 2.67 bits per heavy atom. The summed E-state index contributed by atoms with van der Waals surface area (Å²) < 4.78 is 1.36. The Morgan fingerprint density at radius 2 is 1.90 bits per heavy atom. The van der Waals surface area contributed by atoms with Gasteiger partial charge in [0.05, 0.1) is 6.04 Å². The van der Waals surface area contributed by atoms with Crippen molar-refractivity contribution in [3.8, 4) is 0 Å². The molecule has 1 heterocycles. The highest BCUT2D eigenvalue weighted by Crippen LogP contribution is 2.33. The van der Waals surface area contributed by atoms with E-state index in [1.807, 2.05) is 18.4 Å². The fourth-order valence-corrected chi connectivity index (χ4v) is 4.04. The normalized spacial score (nSPS) is 12.7. The van der Waals surface area contributed by atoms with Gasteiger partial charge in [-0.1, -0.05) is 55.8 Å². The SMILES string of the molecule is CCCc1cccc(C(NC)c2cc3ccccc3s2)c1. The van der Waals surface area contributed by atoms with Crippen LogP contribution in [0, 0.1) is 0 Å². The zero-order valence-electron chi connectivity index (χ0n) is 12.6. The summed E-state index contributed by atoms with van der Waals surface area (Å²) in [5.74, 6) is 0. The summed E-state index contributed by atoms with van der Waals surface area (Å²) in [5.41, 5.74) is 2.78. The number of aryl methyl sites for hydroxylation is 1. The largest absolute Gasteiger partial charge is 0.309 e. The van der Waals surface area contributed by atoms with Gasteiger partial charge in [-0.2, -0.15) is 0 Å². The van der Waals surface area contributed by atoms with Gasteiger partial charge >= 0.3 is 0 Å². The van der Waals surface area contributed by atoms with Crippen molar-refractivity contribution in [3.05, 3.63) is 70.6 Å². The Labute approximate surface area is 130 Å². The number of hydrogen-bond donors (Lipinski definition) is 1. The van der Waals surface area contributed by atoms with Crippen LogP contribution in [0.3, 0.4) is 0 Å². The number of benzene rings is 2. The number of nitrogens with one attached hydrogen (secondary N) is 1. The van der Waals surface area contributed by atoms with Gasteiger partial charge in [-0.05, 0) is 42.1 Å². The first-order valence-corrected chi connectivity index (χ1v) is 8.38. The van der Waals surface area contributed by atoms with Gasteiger partial charge in [-0.15, -0.1) is 11.3 Å². The smallest absolute Gasteiger partial charge is 0.0669 e. The predicted octanol–water partition coefficient (Wildman–Crippen LogP) is 5.16. The molecule has 2 heteroatoms. The molecular weight excluding hydrogens is 274 g/mol. The lowest BCUT2D eigenvalue weighted by molar-refractivity contribution is 0.702. The summed E-state index contributed by atoms with van der Waals surface area (Å²) in [6.45, 7) is 2.23. The van der Waals surface area contributed by atoms with Crippen molar-refractivity contribution >= 4 is 21.4 Å². The number of fused-ring (bicyclic) bond motifs is 1. The van der Waals surface area contributed by atoms with Gasteiger partial charge in [0.25, 0.3) is 0 Å². The second kappa shape index (κ2) is 6.42. The van der Waals surface area contributed by atoms with Crippen LogP contribution in [0.4, 0.5) is 0 Å². The highest BCUT2D eigenvalue weighted by molar-refractivity contribution is 7.19. The van der Waals surface area contributed by atoms with Crippen LogP contribution in [-0.2, 0) is 6.42 Å². The van der Waals surface area contributed by atoms with Gasteiger partial charge in [0.2, 0.25) is 0 Å². The summed E-state index contributed by atoms with van der Waals surface area (Å²) in [6.07, 6.45) is 2.34. The molecule has 1 atom stereocenters. The van der Waals surface area contributed by atoms with E-state index < -0.39 is 0 Å². The minimum atomic E-state index is 0.277. The molecule has 1 unspecified atom stereocenters. The fourth-order valence-electron chi connectivity index (χ4n) is 2.83. The molecule has 1 N–H and O–H groups in total. The first-order valence-electron chi connectivity index (χ1n) is 7.56. The van der Waals surface area contributed by atoms with Gasteiger partial charge in [0, 0.05) is 9.58 Å². The highest BCUT2D eigenvalue weighted by atomic mass is 32.1. The summed E-state index contributed by atoms with van der Waals surface area (Å²) in [5, 5.41) is 4.81. The molecule has 1 nitrogen and oxygen atoms in total. The fraction of sp³-hybridized carbons (Fsp3) is 0.263. The van der Waals surface area contributed by atoms with E-state index in [0.29, 0.717) is 0 Å². The number of thiophene rings is 1. The summed E-state index contributed by atoms with van der Waals surface area (Å²) in [4.78, 5) is 1.38. The van der Waals surface area contributed by atoms with E-state index in [4.69, 9.17) is 0 Å². The summed E-state index contributed by atoms with van der Waals surface area (Å²) in [6, 6.07) is 20.2. The van der Waals surface area contributed by atoms with Crippen molar-refractivity contribution in [3.63, 3.8) is 0 Å². The van der Waals surface area contributed by atoms with Crippen molar-refractivity contribution in [1.29, 1.82) is 0 Å². The van der Waals surface area contributed by atoms with Crippen LogP contribution >= 0.6 is 11.3 Å². The second-order valence-corrected chi connectivity index (χ2v) is 6.52. The lowest BCUT2D eigenvalue weighted by atomic mass is 10.0. The molecule has 108 valence electrons. The molecule has 0 bridgehead atoms. The molecule has 0 saturated heterocycles. The van der Waals surface area contributed by atoms with E-state index in [9.17, 15) is 0 Å². The molecule has 3 rings (SSSR count). The lowest BCUT2D eigenvalue weighted by Crippen LogP contribution is -2.16. The monoisotopic (exact) mass is 295 g/mol. The Balaban J connectivity index is 1.99. The molecule has 2 aromatic carbocycles. The van der Waals surface area contributed by atoms with Gasteiger partial charge in [0.1, 0.15) is 0 Å². The molecule has 1 aromatic heterocycles. The second-order valence-electron chi connectivity index (χ2n) is 5.40. The minimum absolute atomic E-state index is 0.277. The highest BCUT2D eigenvalue weighted by Gasteiger charge is 2.15. The van der Waals surface area contributed by atoms with Crippen LogP contribution in [0.15, 0.2) is 54.6 Å². The molecule has 0 aliphatic carbocycles. The Bertz CT molecular complexity index is 696. The van der Waals surface area contributed by atoms with Crippen molar-refractivity contribution in [1.82, 2.24) is 5.32 Å². The van der Waals surface area contributed by atoms with Crippen molar-refractivity contribution in [2.75, 3.05) is 7.05 Å². The van der Waals surface area contributed by atoms with Gasteiger partial charge in [-0.25, -0.2) is 0 Å². The maximum atomic E-state index is 3.48. The van der Waals surface area contributed by atoms with Gasteiger partial charge in [-0.3, -0.25) is 0 Å². The van der Waals surface area contributed by atoms with Crippen molar-refractivity contribution in [2.24, 2.45) is 0 Å². The quantitative estimate of drug-likeness (QED) is 0.685. The molecule has 0 saturated carbocycles. The van der Waals surface area contributed by atoms with Gasteiger partial charge < -0.3 is 5.32 Å². The van der Waals surface area contributed by atoms with E-state index in [-0.39, 0.29) is 6.04 Å². The molecule has 0 amide bonds. The third-order valence-electron chi connectivity index (χ3n) is 3.84. The molecule has 0 fully saturated rings. The van der Waals surface area contributed by atoms with Crippen LogP contribution in [0.25, 0.3) is 10.1 Å². The summed E-state index contributed by atoms with van der Waals surface area (Å²) in [7, 11) is 2.04. The zero-order valence-corrected chi connectivity index (χ0v) is 13.4. The summed E-state index contributed by atoms with van der Waals surface area (Å²) >= 11 is 1.88. The van der Waals surface area contributed by atoms with Gasteiger partial charge in [0.15, 0.2) is 0 Å². The van der Waals surface area contributed by atoms with Crippen LogP contribution in [0.1, 0.15) is 35.4 Å². The molecule has 0 radical (unpaired) electrons. The van der Waals surface area contributed by atoms with E-state index >= 15 is 0 Å². The Hall–Kier alpha value is -1.64. The lowest BCUT2D eigenvalue weighted by Gasteiger charge is -2.16. The maximum Gasteiger partial charge on any atom is 0.0669 e. The van der Waals surface area contributed by atoms with Crippen LogP contribution in [0.2, 0.25) is 0 Å². The van der Waals surface area contributed by atoms with Crippen LogP contribution < -0.4 is 5.32 Å². The topological polar surface area (TPSA) is 12.0 Å². The molecule has 0 aliphatic heterocycles. The molecule has 3 aromatic rings. The molecule has 0 spiro atoms. The van der Waals surface area contributed by atoms with Crippen LogP contribution in [-0.4, -0.2) is 7.05 Å². The Kier molecular flexibility index (Phi) is 4.37. The van der Waals surface area contributed by atoms with E-state index in [1.165, 1.54) is 32.5 Å². The molecule has 0 aliphatic rings. The van der Waals surface area contributed by atoms with Crippen molar-refractivity contribution < 1.29 is 0 Å². The van der Waals surface area contributed by atoms with E-state index in [2.05, 4.69) is 66.8 Å². The third kappa shape index (κ3) is 3.02. The predicted molar refractivity (Wildman–Crippen MR) is 93.2 cm³/mol. The first kappa shape index (κ1) is 14.3.